The van der Waals surface area contributed by atoms with Crippen LogP contribution in [0.5, 0.6) is 0 Å². The second kappa shape index (κ2) is 5.13. The maximum Gasteiger partial charge on any atom is 0.407 e. The largest absolute Gasteiger partial charge is 0.465 e. The summed E-state index contributed by atoms with van der Waals surface area (Å²) in [4.78, 5) is 17.3. The third-order valence-electron chi connectivity index (χ3n) is 8.01. The first kappa shape index (κ1) is 15.7. The lowest BCUT2D eigenvalue weighted by Crippen LogP contribution is -2.65. The smallest absolute Gasteiger partial charge is 0.407 e. The van der Waals surface area contributed by atoms with E-state index in [9.17, 15) is 15.0 Å². The predicted molar refractivity (Wildman–Crippen MR) is 98.2 cm³/mol. The molecule has 1 spiro atoms. The zero-order valence-electron chi connectivity index (χ0n) is 15.0. The van der Waals surface area contributed by atoms with Crippen molar-refractivity contribution in [2.24, 2.45) is 23.2 Å². The fourth-order valence-electron chi connectivity index (χ4n) is 6.85. The standard InChI is InChI=1S/C21H23N3O3/c25-19-16(7-21(19)12-5-6-13(21)10-23(9-12)20(26)27)18-15-4-2-1-3-14(15)17-8-22-11-24(17)18/h1-4,8,11-13,16,18-19,25H,5-7,9-10H2,(H,26,27)/t12?,13?,16-,18-,19-,21?/m0/s1. The molecule has 2 aromatic rings. The van der Waals surface area contributed by atoms with Gasteiger partial charge in [-0.2, -0.15) is 0 Å². The first-order chi connectivity index (χ1) is 13.1. The number of aliphatic hydroxyl groups is 1. The quantitative estimate of drug-likeness (QED) is 0.815. The minimum absolute atomic E-state index is 0.0884. The molecular weight excluding hydrogens is 342 g/mol. The van der Waals surface area contributed by atoms with Gasteiger partial charge in [-0.25, -0.2) is 9.78 Å². The molecule has 2 bridgehead atoms. The molecule has 1 aromatic carbocycles. The van der Waals surface area contributed by atoms with Crippen LogP contribution in [-0.4, -0.2) is 50.0 Å². The molecule has 2 N–H and O–H groups in total. The van der Waals surface area contributed by atoms with Crippen molar-refractivity contribution in [3.05, 3.63) is 42.4 Å². The Morgan fingerprint density at radius 3 is 2.63 bits per heavy atom. The van der Waals surface area contributed by atoms with Crippen LogP contribution in [0.1, 0.15) is 30.9 Å². The molecule has 0 radical (unpaired) electrons. The summed E-state index contributed by atoms with van der Waals surface area (Å²) in [5.41, 5.74) is 3.54. The number of hydrogen-bond acceptors (Lipinski definition) is 3. The Balaban J connectivity index is 1.34. The predicted octanol–water partition coefficient (Wildman–Crippen LogP) is 2.84. The number of hydrogen-bond donors (Lipinski definition) is 2. The van der Waals surface area contributed by atoms with Crippen LogP contribution in [0.15, 0.2) is 36.8 Å². The summed E-state index contributed by atoms with van der Waals surface area (Å²) in [6, 6.07) is 8.57. The first-order valence-corrected chi connectivity index (χ1v) is 9.88. The van der Waals surface area contributed by atoms with Crippen LogP contribution in [-0.2, 0) is 0 Å². The van der Waals surface area contributed by atoms with Gasteiger partial charge in [0, 0.05) is 30.0 Å². The Morgan fingerprint density at radius 1 is 1.19 bits per heavy atom. The molecule has 2 saturated carbocycles. The second-order valence-corrected chi connectivity index (χ2v) is 8.80. The third-order valence-corrected chi connectivity index (χ3v) is 8.01. The van der Waals surface area contributed by atoms with E-state index in [0.29, 0.717) is 13.1 Å². The Kier molecular flexibility index (Phi) is 2.98. The average molecular weight is 365 g/mol. The highest BCUT2D eigenvalue weighted by atomic mass is 16.4. The topological polar surface area (TPSA) is 78.6 Å². The van der Waals surface area contributed by atoms with Gasteiger partial charge in [0.25, 0.3) is 0 Å². The van der Waals surface area contributed by atoms with Gasteiger partial charge in [0.2, 0.25) is 0 Å². The van der Waals surface area contributed by atoms with Crippen molar-refractivity contribution >= 4 is 6.09 Å². The molecule has 1 aromatic heterocycles. The highest BCUT2D eigenvalue weighted by Gasteiger charge is 2.67. The number of piperidine rings is 1. The molecule has 2 unspecified atom stereocenters. The van der Waals surface area contributed by atoms with E-state index >= 15 is 0 Å². The Hall–Kier alpha value is -2.34. The second-order valence-electron chi connectivity index (χ2n) is 8.80. The average Bonchev–Trinajstić information content (AvgIpc) is 3.30. The van der Waals surface area contributed by atoms with Gasteiger partial charge in [-0.1, -0.05) is 24.3 Å². The van der Waals surface area contributed by atoms with Crippen LogP contribution >= 0.6 is 0 Å². The van der Waals surface area contributed by atoms with Gasteiger partial charge < -0.3 is 19.7 Å². The third kappa shape index (κ3) is 1.79. The van der Waals surface area contributed by atoms with E-state index in [1.807, 2.05) is 12.5 Å². The zero-order chi connectivity index (χ0) is 18.3. The number of nitrogens with zero attached hydrogens (tertiary/aromatic N) is 3. The fourth-order valence-corrected chi connectivity index (χ4v) is 6.85. The van der Waals surface area contributed by atoms with Gasteiger partial charge in [0.1, 0.15) is 0 Å². The van der Waals surface area contributed by atoms with Crippen molar-refractivity contribution in [1.29, 1.82) is 0 Å². The van der Waals surface area contributed by atoms with Gasteiger partial charge in [-0.05, 0) is 36.7 Å². The summed E-state index contributed by atoms with van der Waals surface area (Å²) in [5, 5.41) is 20.8. The van der Waals surface area contributed by atoms with Crippen molar-refractivity contribution < 1.29 is 15.0 Å². The van der Waals surface area contributed by atoms with E-state index in [-0.39, 0.29) is 35.3 Å². The Labute approximate surface area is 157 Å². The monoisotopic (exact) mass is 365 g/mol. The van der Waals surface area contributed by atoms with E-state index in [2.05, 4.69) is 33.8 Å². The summed E-state index contributed by atoms with van der Waals surface area (Å²) < 4.78 is 2.22. The normalized spacial score (nSPS) is 38.6. The zero-order valence-corrected chi connectivity index (χ0v) is 15.0. The molecule has 2 aliphatic heterocycles. The number of likely N-dealkylation sites (tertiary alicyclic amines) is 1. The maximum atomic E-state index is 11.4. The summed E-state index contributed by atoms with van der Waals surface area (Å²) >= 11 is 0. The van der Waals surface area contributed by atoms with Crippen LogP contribution in [0.25, 0.3) is 11.3 Å². The summed E-state index contributed by atoms with van der Waals surface area (Å²) in [6.45, 7) is 1.15. The van der Waals surface area contributed by atoms with Crippen molar-refractivity contribution in [2.45, 2.75) is 31.4 Å². The van der Waals surface area contributed by atoms with Crippen molar-refractivity contribution in [1.82, 2.24) is 14.5 Å². The van der Waals surface area contributed by atoms with Crippen LogP contribution in [0, 0.1) is 23.2 Å². The van der Waals surface area contributed by atoms with E-state index in [0.717, 1.165) is 25.0 Å². The van der Waals surface area contributed by atoms with Gasteiger partial charge in [-0.15, -0.1) is 0 Å². The highest BCUT2D eigenvalue weighted by Crippen LogP contribution is 2.67. The number of aliphatic hydroxyl groups excluding tert-OH is 1. The molecule has 6 rings (SSSR count). The maximum absolute atomic E-state index is 11.4. The Bertz CT molecular complexity index is 924. The molecule has 4 aliphatic rings. The Morgan fingerprint density at radius 2 is 1.93 bits per heavy atom. The van der Waals surface area contributed by atoms with Gasteiger partial charge in [0.05, 0.1) is 30.4 Å². The van der Waals surface area contributed by atoms with Gasteiger partial charge in [-0.3, -0.25) is 0 Å². The van der Waals surface area contributed by atoms with E-state index < -0.39 is 6.09 Å². The van der Waals surface area contributed by atoms with Crippen molar-refractivity contribution in [2.75, 3.05) is 13.1 Å². The van der Waals surface area contributed by atoms with E-state index in [1.165, 1.54) is 11.1 Å². The van der Waals surface area contributed by atoms with Crippen LogP contribution in [0.4, 0.5) is 4.79 Å². The van der Waals surface area contributed by atoms with Gasteiger partial charge >= 0.3 is 6.09 Å². The highest BCUT2D eigenvalue weighted by molar-refractivity contribution is 5.69. The fraction of sp³-hybridized carbons (Fsp3) is 0.524. The number of amides is 1. The molecule has 3 heterocycles. The minimum Gasteiger partial charge on any atom is -0.465 e. The van der Waals surface area contributed by atoms with Crippen LogP contribution < -0.4 is 0 Å². The summed E-state index contributed by atoms with van der Waals surface area (Å²) in [7, 11) is 0. The lowest BCUT2D eigenvalue weighted by Gasteiger charge is -2.61. The molecule has 6 heteroatoms. The lowest BCUT2D eigenvalue weighted by molar-refractivity contribution is -0.193. The molecule has 6 nitrogen and oxygen atoms in total. The van der Waals surface area contributed by atoms with Crippen molar-refractivity contribution in [3.8, 4) is 11.3 Å². The molecular formula is C21H23N3O3. The first-order valence-electron chi connectivity index (χ1n) is 9.88. The number of carboxylic acid groups (broad SMARTS) is 1. The minimum atomic E-state index is -0.820. The molecule has 3 fully saturated rings. The molecule has 2 aliphatic carbocycles. The lowest BCUT2D eigenvalue weighted by atomic mass is 9.48. The molecule has 5 atom stereocenters. The molecule has 1 saturated heterocycles. The number of carbonyl (C=O) groups is 1. The molecule has 1 amide bonds. The summed E-state index contributed by atoms with van der Waals surface area (Å²) in [6.07, 6.45) is 5.66. The number of imidazole rings is 1. The number of aromatic nitrogens is 2. The van der Waals surface area contributed by atoms with Crippen LogP contribution in [0.2, 0.25) is 0 Å². The number of rotatable bonds is 1. The number of benzene rings is 1. The number of fused-ring (bicyclic) bond motifs is 3. The molecule has 140 valence electrons. The van der Waals surface area contributed by atoms with E-state index in [1.54, 1.807) is 4.90 Å². The van der Waals surface area contributed by atoms with Crippen LogP contribution in [0.3, 0.4) is 0 Å². The van der Waals surface area contributed by atoms with Crippen molar-refractivity contribution in [3.63, 3.8) is 0 Å². The van der Waals surface area contributed by atoms with Gasteiger partial charge in [0.15, 0.2) is 0 Å². The summed E-state index contributed by atoms with van der Waals surface area (Å²) in [5.74, 6) is 0.746. The van der Waals surface area contributed by atoms with E-state index in [4.69, 9.17) is 0 Å². The SMILES string of the molecule is O=C(O)N1CC2CCC(C1)C21C[C@@H]([C@@H]2c3ccccc3-c3cncn32)[C@@H]1O. The molecule has 27 heavy (non-hydrogen) atoms.